The van der Waals surface area contributed by atoms with Gasteiger partial charge >= 0.3 is 6.85 Å². The molecule has 3 aliphatic heterocycles. The predicted molar refractivity (Wildman–Crippen MR) is 171 cm³/mol. The van der Waals surface area contributed by atoms with Gasteiger partial charge in [0.25, 0.3) is 0 Å². The van der Waals surface area contributed by atoms with Crippen LogP contribution in [0.15, 0.2) is 102 Å². The fourth-order valence-corrected chi connectivity index (χ4v) is 5.67. The molecule has 0 amide bonds. The van der Waals surface area contributed by atoms with Crippen molar-refractivity contribution in [2.45, 2.75) is 53.4 Å². The number of ether oxygens (including phenoxy) is 1. The molecule has 0 spiro atoms. The zero-order valence-corrected chi connectivity index (χ0v) is 27.5. The molecule has 6 rings (SSSR count). The number of para-hydroxylation sites is 1. The van der Waals surface area contributed by atoms with Gasteiger partial charge in [0, 0.05) is 44.2 Å². The van der Waals surface area contributed by atoms with Gasteiger partial charge in [-0.3, -0.25) is 9.79 Å². The molecule has 4 heterocycles. The first-order chi connectivity index (χ1) is 20.5. The number of hydrogen-bond donors (Lipinski definition) is 1. The third kappa shape index (κ3) is 6.76. The maximum absolute atomic E-state index is 11.7. The molecule has 1 aromatic heterocycles. The Morgan fingerprint density at radius 2 is 1.74 bits per heavy atom. The second-order valence-electron chi connectivity index (χ2n) is 10.6. The number of carbonyl (C=O) groups is 1. The van der Waals surface area contributed by atoms with Crippen LogP contribution in [0.2, 0.25) is 0 Å². The summed E-state index contributed by atoms with van der Waals surface area (Å²) in [5.74, 6) is 3.13. The second-order valence-corrected chi connectivity index (χ2v) is 10.6. The summed E-state index contributed by atoms with van der Waals surface area (Å²) in [6, 6.07) is 21.6. The molecule has 43 heavy (non-hydrogen) atoms. The van der Waals surface area contributed by atoms with Crippen LogP contribution in [0.25, 0.3) is 11.3 Å². The first-order valence-corrected chi connectivity index (χ1v) is 14.9. The van der Waals surface area contributed by atoms with Crippen LogP contribution in [0, 0.1) is 17.9 Å². The number of nitrogens with zero attached hydrogens (tertiary/aromatic N) is 3. The van der Waals surface area contributed by atoms with Crippen molar-refractivity contribution in [2.24, 2.45) is 16.8 Å². The molecular formula is C35H37BIrN3O3-. The second kappa shape index (κ2) is 14.6. The van der Waals surface area contributed by atoms with Crippen molar-refractivity contribution in [3.63, 3.8) is 0 Å². The number of aliphatic hydroxyl groups is 1. The average molecular weight is 751 g/mol. The van der Waals surface area contributed by atoms with Gasteiger partial charge < -0.3 is 19.6 Å². The molecule has 0 fully saturated rings. The molecule has 0 unspecified atom stereocenters. The molecule has 0 bridgehead atoms. The number of ketones is 1. The molecule has 2 aromatic carbocycles. The van der Waals surface area contributed by atoms with Crippen molar-refractivity contribution in [2.75, 3.05) is 0 Å². The number of rotatable bonds is 8. The molecule has 3 aromatic rings. The molecule has 8 heteroatoms. The third-order valence-electron chi connectivity index (χ3n) is 8.17. The maximum atomic E-state index is 11.7. The van der Waals surface area contributed by atoms with E-state index in [1.807, 2.05) is 82.3 Å². The minimum Gasteiger partial charge on any atom is -0.512 e. The molecule has 1 radical (unpaired) electrons. The number of amidine groups is 1. The van der Waals surface area contributed by atoms with Crippen LogP contribution in [0.3, 0.4) is 0 Å². The van der Waals surface area contributed by atoms with Gasteiger partial charge in [-0.15, -0.1) is 29.2 Å². The van der Waals surface area contributed by atoms with E-state index in [0.29, 0.717) is 0 Å². The molecule has 0 saturated carbocycles. The van der Waals surface area contributed by atoms with E-state index >= 15 is 0 Å². The van der Waals surface area contributed by atoms with Crippen LogP contribution < -0.4 is 15.7 Å². The largest absolute Gasteiger partial charge is 0.512 e. The monoisotopic (exact) mass is 751 g/mol. The summed E-state index contributed by atoms with van der Waals surface area (Å²) < 4.78 is 6.14. The number of pyridine rings is 1. The number of hydrogen-bond acceptors (Lipinski definition) is 6. The summed E-state index contributed by atoms with van der Waals surface area (Å²) in [7, 11) is 0. The molecule has 0 atom stereocenters. The van der Waals surface area contributed by atoms with Crippen LogP contribution >= 0.6 is 0 Å². The number of benzene rings is 2. The molecule has 0 aliphatic carbocycles. The first kappa shape index (κ1) is 32.2. The number of carbonyl (C=O) groups excluding carboxylic acids is 1. The summed E-state index contributed by atoms with van der Waals surface area (Å²) >= 11 is 0. The summed E-state index contributed by atoms with van der Waals surface area (Å²) in [5.41, 5.74) is 5.08. The zero-order valence-electron chi connectivity index (χ0n) is 25.1. The van der Waals surface area contributed by atoms with E-state index in [1.165, 1.54) is 6.08 Å². The summed E-state index contributed by atoms with van der Waals surface area (Å²) in [5, 5.41) is 9.76. The van der Waals surface area contributed by atoms with E-state index in [0.717, 1.165) is 71.0 Å². The van der Waals surface area contributed by atoms with Gasteiger partial charge in [0.15, 0.2) is 11.7 Å². The number of fused-ring (bicyclic) bond motifs is 4. The van der Waals surface area contributed by atoms with Crippen molar-refractivity contribution in [3.05, 3.63) is 103 Å². The first-order valence-electron chi connectivity index (χ1n) is 14.9. The minimum atomic E-state index is 0. The molecule has 0 saturated heterocycles. The molecule has 6 nitrogen and oxygen atoms in total. The molecule has 3 aliphatic rings. The van der Waals surface area contributed by atoms with E-state index in [1.54, 1.807) is 6.20 Å². The fraction of sp³-hybridized carbons (Fsp3) is 0.286. The minimum absolute atomic E-state index is 0. The Morgan fingerprint density at radius 1 is 1.02 bits per heavy atom. The Hall–Kier alpha value is -3.74. The van der Waals surface area contributed by atoms with Gasteiger partial charge in [-0.2, -0.15) is 0 Å². The van der Waals surface area contributed by atoms with E-state index in [4.69, 9.17) is 9.73 Å². The molecular weight excluding hydrogens is 713 g/mol. The van der Waals surface area contributed by atoms with Gasteiger partial charge in [0.1, 0.15) is 11.6 Å². The van der Waals surface area contributed by atoms with Crippen LogP contribution in [-0.2, 0) is 24.9 Å². The summed E-state index contributed by atoms with van der Waals surface area (Å²) in [4.78, 5) is 23.2. The number of aromatic nitrogens is 1. The van der Waals surface area contributed by atoms with Gasteiger partial charge in [0.05, 0.1) is 5.76 Å². The van der Waals surface area contributed by atoms with E-state index < -0.39 is 0 Å². The van der Waals surface area contributed by atoms with Crippen molar-refractivity contribution < 1.29 is 34.7 Å². The Labute approximate surface area is 268 Å². The topological polar surface area (TPSA) is 75.0 Å². The van der Waals surface area contributed by atoms with Gasteiger partial charge in [0.2, 0.25) is 0 Å². The van der Waals surface area contributed by atoms with Crippen LogP contribution in [0.1, 0.15) is 53.4 Å². The van der Waals surface area contributed by atoms with Crippen molar-refractivity contribution in [3.8, 4) is 17.0 Å². The molecule has 1 N–H and O–H groups in total. The summed E-state index contributed by atoms with van der Waals surface area (Å²) in [6.07, 6.45) is 12.7. The Morgan fingerprint density at radius 3 is 2.44 bits per heavy atom. The number of aliphatic imine (C=N–C) groups is 1. The van der Waals surface area contributed by atoms with Gasteiger partial charge in [-0.05, 0) is 66.8 Å². The van der Waals surface area contributed by atoms with E-state index in [2.05, 4.69) is 34.1 Å². The SMILES string of the molecule is CCC(CC)C(=O)/C=C(\O)C(CC)CC.[Ir].[c-]1cc2c(cc1-c1ccccn1)B1c3ccccc3OC3=CC=CC(=N2)N13. The van der Waals surface area contributed by atoms with Crippen LogP contribution in [-0.4, -0.2) is 33.4 Å². The van der Waals surface area contributed by atoms with Crippen LogP contribution in [0.4, 0.5) is 5.69 Å². The van der Waals surface area contributed by atoms with Gasteiger partial charge in [-0.25, -0.2) is 0 Å². The Bertz CT molecular complexity index is 1560. The Kier molecular flexibility index (Phi) is 11.0. The quantitative estimate of drug-likeness (QED) is 0.121. The van der Waals surface area contributed by atoms with E-state index in [9.17, 15) is 9.90 Å². The van der Waals surface area contributed by atoms with Crippen LogP contribution in [0.5, 0.6) is 5.75 Å². The smallest absolute Gasteiger partial charge is 0.320 e. The maximum Gasteiger partial charge on any atom is 0.320 e. The summed E-state index contributed by atoms with van der Waals surface area (Å²) in [6.45, 7) is 8.09. The number of aliphatic hydroxyl groups excluding tert-OH is 1. The number of allylic oxidation sites excluding steroid dienone is 4. The normalized spacial score (nSPS) is 14.3. The van der Waals surface area contributed by atoms with Gasteiger partial charge in [-0.1, -0.05) is 64.1 Å². The standard InChI is InChI=1S/C22H13BN3O.C13H24O2.Ir/c1-2-8-20-16(6-1)23-17-14-15(18-7-3-4-13-24-18)11-12-19(17)25-21-9-5-10-22(27-20)26(21)23;1-5-10(6-2)12(14)9-13(15)11(7-3)8-4;/h1-10,12-14H;9-11,14H,5-8H2,1-4H3;/q-1;;/b;12-9-;. The fourth-order valence-electron chi connectivity index (χ4n) is 5.67. The molecule has 223 valence electrons. The Balaban J connectivity index is 0.000000230. The van der Waals surface area contributed by atoms with E-state index in [-0.39, 0.29) is 50.3 Å². The predicted octanol–water partition coefficient (Wildman–Crippen LogP) is 6.67. The van der Waals surface area contributed by atoms with Crippen molar-refractivity contribution in [1.29, 1.82) is 0 Å². The third-order valence-corrected chi connectivity index (χ3v) is 8.17. The average Bonchev–Trinajstić information content (AvgIpc) is 3.02. The van der Waals surface area contributed by atoms with Crippen molar-refractivity contribution >= 4 is 35.1 Å². The van der Waals surface area contributed by atoms with Crippen molar-refractivity contribution in [1.82, 2.24) is 9.79 Å². The zero-order chi connectivity index (χ0) is 29.6.